The number of carbonyl (C=O) groups excluding carboxylic acids is 1. The average molecular weight is 341 g/mol. The zero-order chi connectivity index (χ0) is 17.5. The molecule has 0 aliphatic carbocycles. The summed E-state index contributed by atoms with van der Waals surface area (Å²) in [5.74, 6) is 2.20. The summed E-state index contributed by atoms with van der Waals surface area (Å²) in [5.41, 5.74) is 1.87. The van der Waals surface area contributed by atoms with E-state index in [1.807, 2.05) is 49.4 Å². The van der Waals surface area contributed by atoms with Crippen molar-refractivity contribution >= 4 is 11.6 Å². The number of rotatable bonds is 6. The Balaban J connectivity index is 1.44. The van der Waals surface area contributed by atoms with Crippen LogP contribution in [0.1, 0.15) is 24.8 Å². The van der Waals surface area contributed by atoms with E-state index in [-0.39, 0.29) is 5.91 Å². The van der Waals surface area contributed by atoms with Crippen LogP contribution in [0.4, 0.5) is 5.69 Å². The number of anilines is 1. The molecule has 0 bridgehead atoms. The Bertz CT molecular complexity index is 729. The van der Waals surface area contributed by atoms with Gasteiger partial charge in [0.2, 0.25) is 5.91 Å². The predicted molar refractivity (Wildman–Crippen MR) is 96.6 cm³/mol. The molecule has 0 unspecified atom stereocenters. The van der Waals surface area contributed by atoms with Crippen LogP contribution in [0.3, 0.4) is 0 Å². The maximum atomic E-state index is 12.1. The van der Waals surface area contributed by atoms with Crippen LogP contribution in [0.5, 0.6) is 17.2 Å². The van der Waals surface area contributed by atoms with Gasteiger partial charge in [0, 0.05) is 24.6 Å². The van der Waals surface area contributed by atoms with Gasteiger partial charge in [-0.2, -0.15) is 0 Å². The van der Waals surface area contributed by atoms with Gasteiger partial charge in [0.1, 0.15) is 5.75 Å². The van der Waals surface area contributed by atoms with Crippen LogP contribution >= 0.6 is 0 Å². The van der Waals surface area contributed by atoms with Gasteiger partial charge in [0.25, 0.3) is 0 Å². The van der Waals surface area contributed by atoms with Gasteiger partial charge < -0.3 is 19.5 Å². The molecule has 1 amide bonds. The highest BCUT2D eigenvalue weighted by molar-refractivity contribution is 5.91. The van der Waals surface area contributed by atoms with E-state index in [4.69, 9.17) is 14.2 Å². The lowest BCUT2D eigenvalue weighted by Gasteiger charge is -2.11. The molecule has 5 nitrogen and oxygen atoms in total. The number of hydrogen-bond acceptors (Lipinski definition) is 4. The molecule has 0 saturated carbocycles. The molecule has 25 heavy (non-hydrogen) atoms. The molecule has 0 atom stereocenters. The van der Waals surface area contributed by atoms with Crippen LogP contribution in [-0.4, -0.2) is 25.7 Å². The second-order valence-electron chi connectivity index (χ2n) is 6.03. The van der Waals surface area contributed by atoms with E-state index in [9.17, 15) is 4.79 Å². The molecule has 3 rings (SSSR count). The van der Waals surface area contributed by atoms with E-state index in [2.05, 4.69) is 5.32 Å². The number of carbonyl (C=O) groups is 1. The first-order valence-electron chi connectivity index (χ1n) is 8.60. The SMILES string of the molecule is Cc1cccc(OCCCC(=O)Nc2ccc3c(c2)OCCCO3)c1. The summed E-state index contributed by atoms with van der Waals surface area (Å²) in [6.45, 7) is 3.81. The largest absolute Gasteiger partial charge is 0.494 e. The van der Waals surface area contributed by atoms with Crippen molar-refractivity contribution in [3.63, 3.8) is 0 Å². The fraction of sp³-hybridized carbons (Fsp3) is 0.350. The smallest absolute Gasteiger partial charge is 0.224 e. The van der Waals surface area contributed by atoms with Crippen molar-refractivity contribution in [2.75, 3.05) is 25.1 Å². The predicted octanol–water partition coefficient (Wildman–Crippen LogP) is 3.95. The summed E-state index contributed by atoms with van der Waals surface area (Å²) in [7, 11) is 0. The van der Waals surface area contributed by atoms with Gasteiger partial charge in [0.15, 0.2) is 11.5 Å². The first kappa shape index (κ1) is 17.1. The van der Waals surface area contributed by atoms with Gasteiger partial charge in [-0.05, 0) is 43.2 Å². The molecular weight excluding hydrogens is 318 g/mol. The minimum absolute atomic E-state index is 0.0395. The molecule has 0 saturated heterocycles. The molecular formula is C20H23NO4. The Morgan fingerprint density at radius 1 is 1.12 bits per heavy atom. The molecule has 1 heterocycles. The average Bonchev–Trinajstić information content (AvgIpc) is 2.84. The lowest BCUT2D eigenvalue weighted by molar-refractivity contribution is -0.116. The zero-order valence-electron chi connectivity index (χ0n) is 14.4. The molecule has 0 radical (unpaired) electrons. The highest BCUT2D eigenvalue weighted by Gasteiger charge is 2.11. The van der Waals surface area contributed by atoms with Crippen molar-refractivity contribution in [1.29, 1.82) is 0 Å². The fourth-order valence-corrected chi connectivity index (χ4v) is 2.59. The Labute approximate surface area is 147 Å². The number of benzene rings is 2. The molecule has 0 aromatic heterocycles. The minimum Gasteiger partial charge on any atom is -0.494 e. The lowest BCUT2D eigenvalue weighted by atomic mass is 10.2. The number of fused-ring (bicyclic) bond motifs is 1. The monoisotopic (exact) mass is 341 g/mol. The Kier molecular flexibility index (Phi) is 5.77. The van der Waals surface area contributed by atoms with Crippen molar-refractivity contribution in [3.05, 3.63) is 48.0 Å². The third-order valence-corrected chi connectivity index (χ3v) is 3.84. The van der Waals surface area contributed by atoms with Crippen LogP contribution < -0.4 is 19.5 Å². The molecule has 1 N–H and O–H groups in total. The second kappa shape index (κ2) is 8.42. The number of aryl methyl sites for hydroxylation is 1. The number of ether oxygens (including phenoxy) is 3. The summed E-state index contributed by atoms with van der Waals surface area (Å²) >= 11 is 0. The molecule has 0 spiro atoms. The maximum absolute atomic E-state index is 12.1. The molecule has 132 valence electrons. The number of amides is 1. The van der Waals surface area contributed by atoms with Crippen LogP contribution in [0.15, 0.2) is 42.5 Å². The third kappa shape index (κ3) is 5.14. The van der Waals surface area contributed by atoms with Gasteiger partial charge in [-0.1, -0.05) is 12.1 Å². The zero-order valence-corrected chi connectivity index (χ0v) is 14.4. The summed E-state index contributed by atoms with van der Waals surface area (Å²) < 4.78 is 16.9. The maximum Gasteiger partial charge on any atom is 0.224 e. The highest BCUT2D eigenvalue weighted by atomic mass is 16.5. The first-order valence-corrected chi connectivity index (χ1v) is 8.60. The van der Waals surface area contributed by atoms with Crippen LogP contribution in [0.25, 0.3) is 0 Å². The van der Waals surface area contributed by atoms with E-state index in [1.165, 1.54) is 0 Å². The van der Waals surface area contributed by atoms with E-state index in [0.717, 1.165) is 23.5 Å². The summed E-state index contributed by atoms with van der Waals surface area (Å²) in [6.07, 6.45) is 1.92. The second-order valence-corrected chi connectivity index (χ2v) is 6.03. The van der Waals surface area contributed by atoms with E-state index in [1.54, 1.807) is 0 Å². The quantitative estimate of drug-likeness (QED) is 0.808. The molecule has 1 aliphatic rings. The van der Waals surface area contributed by atoms with Crippen LogP contribution in [-0.2, 0) is 4.79 Å². The van der Waals surface area contributed by atoms with Gasteiger partial charge in [0.05, 0.1) is 19.8 Å². The summed E-state index contributed by atoms with van der Waals surface area (Å²) in [5, 5.41) is 2.89. The normalized spacial score (nSPS) is 13.0. The van der Waals surface area contributed by atoms with Gasteiger partial charge >= 0.3 is 0 Å². The van der Waals surface area contributed by atoms with Crippen molar-refractivity contribution < 1.29 is 19.0 Å². The van der Waals surface area contributed by atoms with Crippen LogP contribution in [0.2, 0.25) is 0 Å². The molecule has 5 heteroatoms. The van der Waals surface area contributed by atoms with Crippen molar-refractivity contribution in [1.82, 2.24) is 0 Å². The Morgan fingerprint density at radius 2 is 1.96 bits per heavy atom. The van der Waals surface area contributed by atoms with Gasteiger partial charge in [-0.25, -0.2) is 0 Å². The Hall–Kier alpha value is -2.69. The van der Waals surface area contributed by atoms with E-state index in [0.29, 0.717) is 44.1 Å². The van der Waals surface area contributed by atoms with E-state index < -0.39 is 0 Å². The fourth-order valence-electron chi connectivity index (χ4n) is 2.59. The van der Waals surface area contributed by atoms with Crippen molar-refractivity contribution in [2.24, 2.45) is 0 Å². The highest BCUT2D eigenvalue weighted by Crippen LogP contribution is 2.32. The molecule has 2 aromatic rings. The van der Waals surface area contributed by atoms with Crippen LogP contribution in [0, 0.1) is 6.92 Å². The van der Waals surface area contributed by atoms with Crippen molar-refractivity contribution in [3.8, 4) is 17.2 Å². The van der Waals surface area contributed by atoms with E-state index >= 15 is 0 Å². The molecule has 0 fully saturated rings. The van der Waals surface area contributed by atoms with Gasteiger partial charge in [-0.15, -0.1) is 0 Å². The topological polar surface area (TPSA) is 56.8 Å². The third-order valence-electron chi connectivity index (χ3n) is 3.84. The minimum atomic E-state index is -0.0395. The Morgan fingerprint density at radius 3 is 2.80 bits per heavy atom. The standard InChI is InChI=1S/C20H23NO4/c1-15-5-2-6-17(13-15)23-10-3-7-20(22)21-16-8-9-18-19(14-16)25-12-4-11-24-18/h2,5-6,8-9,13-14H,3-4,7,10-12H2,1H3,(H,21,22). The lowest BCUT2D eigenvalue weighted by Crippen LogP contribution is -2.13. The first-order chi connectivity index (χ1) is 12.2. The van der Waals surface area contributed by atoms with Crippen molar-refractivity contribution in [2.45, 2.75) is 26.2 Å². The summed E-state index contributed by atoms with van der Waals surface area (Å²) in [6, 6.07) is 13.4. The van der Waals surface area contributed by atoms with Gasteiger partial charge in [-0.3, -0.25) is 4.79 Å². The summed E-state index contributed by atoms with van der Waals surface area (Å²) in [4.78, 5) is 12.1. The molecule has 1 aliphatic heterocycles. The molecule has 2 aromatic carbocycles. The number of hydrogen-bond donors (Lipinski definition) is 1. The number of nitrogens with one attached hydrogen (secondary N) is 1.